The second-order valence-electron chi connectivity index (χ2n) is 4.40. The van der Waals surface area contributed by atoms with Gasteiger partial charge in [-0.1, -0.05) is 18.2 Å². The molecule has 0 saturated carbocycles. The summed E-state index contributed by atoms with van der Waals surface area (Å²) in [7, 11) is -3.52. The van der Waals surface area contributed by atoms with Gasteiger partial charge in [-0.25, -0.2) is 13.1 Å². The number of rotatable bonds is 6. The molecule has 1 amide bonds. The van der Waals surface area contributed by atoms with Crippen LogP contribution in [0.15, 0.2) is 46.7 Å². The van der Waals surface area contributed by atoms with Gasteiger partial charge in [0.25, 0.3) is 5.91 Å². The smallest absolute Gasteiger partial charge is 0.261 e. The number of hydrogen-bond acceptors (Lipinski definition) is 4. The van der Waals surface area contributed by atoms with Crippen molar-refractivity contribution in [3.8, 4) is 0 Å². The van der Waals surface area contributed by atoms with E-state index in [1.54, 1.807) is 18.2 Å². The van der Waals surface area contributed by atoms with Crippen molar-refractivity contribution in [3.63, 3.8) is 0 Å². The molecule has 2 N–H and O–H groups in total. The molecule has 1 aromatic heterocycles. The highest BCUT2D eigenvalue weighted by Gasteiger charge is 2.13. The van der Waals surface area contributed by atoms with E-state index in [1.807, 2.05) is 18.4 Å². The summed E-state index contributed by atoms with van der Waals surface area (Å²) in [6.07, 6.45) is 0. The lowest BCUT2D eigenvalue weighted by molar-refractivity contribution is 0.0958. The van der Waals surface area contributed by atoms with Crippen molar-refractivity contribution in [2.24, 2.45) is 0 Å². The number of carbonyl (C=O) groups excluding carboxylic acids is 1. The van der Waals surface area contributed by atoms with Crippen LogP contribution < -0.4 is 10.0 Å². The van der Waals surface area contributed by atoms with Gasteiger partial charge < -0.3 is 5.32 Å². The summed E-state index contributed by atoms with van der Waals surface area (Å²) in [4.78, 5) is 12.7. The minimum Gasteiger partial charge on any atom is -0.350 e. The van der Waals surface area contributed by atoms with Gasteiger partial charge >= 0.3 is 0 Å². The summed E-state index contributed by atoms with van der Waals surface area (Å²) in [5.41, 5.74) is 0.919. The van der Waals surface area contributed by atoms with E-state index in [0.717, 1.165) is 5.56 Å². The van der Waals surface area contributed by atoms with Crippen LogP contribution in [0.4, 0.5) is 0 Å². The first-order chi connectivity index (χ1) is 10.0. The Hall–Kier alpha value is -1.70. The quantitative estimate of drug-likeness (QED) is 0.795. The van der Waals surface area contributed by atoms with Crippen molar-refractivity contribution in [2.45, 2.75) is 11.8 Å². The molecule has 2 aromatic rings. The van der Waals surface area contributed by atoms with Crippen LogP contribution in [-0.2, 0) is 10.0 Å². The Morgan fingerprint density at radius 1 is 1.14 bits per heavy atom. The molecule has 0 atom stereocenters. The van der Waals surface area contributed by atoms with Crippen LogP contribution >= 0.6 is 11.3 Å². The van der Waals surface area contributed by atoms with Gasteiger partial charge in [0, 0.05) is 13.1 Å². The zero-order chi connectivity index (χ0) is 15.3. The lowest BCUT2D eigenvalue weighted by Crippen LogP contribution is -2.34. The van der Waals surface area contributed by atoms with Crippen LogP contribution in [0, 0.1) is 6.92 Å². The summed E-state index contributed by atoms with van der Waals surface area (Å²) in [5, 5.41) is 4.54. The summed E-state index contributed by atoms with van der Waals surface area (Å²) in [6, 6.07) is 10.00. The Labute approximate surface area is 128 Å². The Kier molecular flexibility index (Phi) is 5.11. The normalized spacial score (nSPS) is 11.3. The van der Waals surface area contributed by atoms with Gasteiger partial charge in [-0.05, 0) is 36.1 Å². The van der Waals surface area contributed by atoms with Crippen molar-refractivity contribution >= 4 is 27.3 Å². The summed E-state index contributed by atoms with van der Waals surface area (Å²) >= 11 is 1.37. The maximum absolute atomic E-state index is 11.9. The third-order valence-corrected chi connectivity index (χ3v) is 5.32. The average molecular weight is 324 g/mol. The van der Waals surface area contributed by atoms with E-state index in [-0.39, 0.29) is 23.9 Å². The van der Waals surface area contributed by atoms with Crippen LogP contribution in [0.5, 0.6) is 0 Å². The molecule has 5 nitrogen and oxygen atoms in total. The molecule has 2 rings (SSSR count). The first kappa shape index (κ1) is 15.7. The molecule has 0 aliphatic carbocycles. The second kappa shape index (κ2) is 6.84. The van der Waals surface area contributed by atoms with Crippen LogP contribution in [0.3, 0.4) is 0 Å². The van der Waals surface area contributed by atoms with Gasteiger partial charge in [-0.3, -0.25) is 4.79 Å². The van der Waals surface area contributed by atoms with Crippen molar-refractivity contribution in [2.75, 3.05) is 13.1 Å². The fourth-order valence-corrected chi connectivity index (χ4v) is 3.62. The van der Waals surface area contributed by atoms with Crippen molar-refractivity contribution < 1.29 is 13.2 Å². The van der Waals surface area contributed by atoms with Crippen LogP contribution in [-0.4, -0.2) is 27.4 Å². The monoisotopic (exact) mass is 324 g/mol. The minimum absolute atomic E-state index is 0.146. The molecule has 0 aliphatic heterocycles. The number of carbonyl (C=O) groups is 1. The lowest BCUT2D eigenvalue weighted by atomic mass is 10.3. The van der Waals surface area contributed by atoms with Crippen molar-refractivity contribution in [1.29, 1.82) is 0 Å². The average Bonchev–Trinajstić information content (AvgIpc) is 2.90. The molecule has 112 valence electrons. The molecule has 0 aliphatic rings. The third-order valence-electron chi connectivity index (χ3n) is 2.82. The van der Waals surface area contributed by atoms with E-state index in [1.165, 1.54) is 23.5 Å². The first-order valence-electron chi connectivity index (χ1n) is 6.38. The fourth-order valence-electron chi connectivity index (χ4n) is 1.73. The molecule has 0 spiro atoms. The van der Waals surface area contributed by atoms with E-state index >= 15 is 0 Å². The number of thiophene rings is 1. The molecule has 21 heavy (non-hydrogen) atoms. The highest BCUT2D eigenvalue weighted by molar-refractivity contribution is 7.89. The van der Waals surface area contributed by atoms with Gasteiger partial charge in [-0.2, -0.15) is 0 Å². The highest BCUT2D eigenvalue weighted by Crippen LogP contribution is 2.14. The Morgan fingerprint density at radius 3 is 2.48 bits per heavy atom. The van der Waals surface area contributed by atoms with E-state index in [9.17, 15) is 13.2 Å². The zero-order valence-electron chi connectivity index (χ0n) is 11.5. The van der Waals surface area contributed by atoms with Crippen LogP contribution in [0.2, 0.25) is 0 Å². The van der Waals surface area contributed by atoms with E-state index in [2.05, 4.69) is 10.0 Å². The summed E-state index contributed by atoms with van der Waals surface area (Å²) in [6.45, 7) is 2.25. The molecule has 0 radical (unpaired) electrons. The maximum Gasteiger partial charge on any atom is 0.261 e. The van der Waals surface area contributed by atoms with Gasteiger partial charge in [0.2, 0.25) is 10.0 Å². The largest absolute Gasteiger partial charge is 0.350 e. The SMILES string of the molecule is Cc1ccsc1C(=O)NCCNS(=O)(=O)c1ccccc1. The molecular formula is C14H16N2O3S2. The Bertz CT molecular complexity index is 709. The summed E-state index contributed by atoms with van der Waals surface area (Å²) in [5.74, 6) is -0.179. The Morgan fingerprint density at radius 2 is 1.86 bits per heavy atom. The first-order valence-corrected chi connectivity index (χ1v) is 8.74. The standard InChI is InChI=1S/C14H16N2O3S2/c1-11-7-10-20-13(11)14(17)15-8-9-16-21(18,19)12-5-3-2-4-6-12/h2-7,10,16H,8-9H2,1H3,(H,15,17). The molecule has 0 saturated heterocycles. The molecule has 1 heterocycles. The highest BCUT2D eigenvalue weighted by atomic mass is 32.2. The molecule has 0 unspecified atom stereocenters. The number of hydrogen-bond donors (Lipinski definition) is 2. The van der Waals surface area contributed by atoms with Crippen molar-refractivity contribution in [1.82, 2.24) is 10.0 Å². The number of sulfonamides is 1. The zero-order valence-corrected chi connectivity index (χ0v) is 13.1. The van der Waals surface area contributed by atoms with Crippen molar-refractivity contribution in [3.05, 3.63) is 52.2 Å². The summed E-state index contributed by atoms with van der Waals surface area (Å²) < 4.78 is 26.3. The molecule has 1 aromatic carbocycles. The van der Waals surface area contributed by atoms with Gasteiger partial charge in [0.05, 0.1) is 9.77 Å². The maximum atomic E-state index is 11.9. The van der Waals surface area contributed by atoms with Crippen LogP contribution in [0.1, 0.15) is 15.2 Å². The van der Waals surface area contributed by atoms with Gasteiger partial charge in [0.15, 0.2) is 0 Å². The number of nitrogens with one attached hydrogen (secondary N) is 2. The topological polar surface area (TPSA) is 75.3 Å². The minimum atomic E-state index is -3.52. The fraction of sp³-hybridized carbons (Fsp3) is 0.214. The molecule has 7 heteroatoms. The molecule has 0 bridgehead atoms. The third kappa shape index (κ3) is 4.13. The lowest BCUT2D eigenvalue weighted by Gasteiger charge is -2.07. The number of benzene rings is 1. The van der Waals surface area contributed by atoms with E-state index in [0.29, 0.717) is 4.88 Å². The van der Waals surface area contributed by atoms with Crippen LogP contribution in [0.25, 0.3) is 0 Å². The molecular weight excluding hydrogens is 308 g/mol. The number of amides is 1. The predicted octanol–water partition coefficient (Wildman–Crippen LogP) is 1.76. The molecule has 0 fully saturated rings. The van der Waals surface area contributed by atoms with Gasteiger partial charge in [0.1, 0.15) is 0 Å². The van der Waals surface area contributed by atoms with E-state index < -0.39 is 10.0 Å². The predicted molar refractivity (Wildman–Crippen MR) is 83.0 cm³/mol. The van der Waals surface area contributed by atoms with E-state index in [4.69, 9.17) is 0 Å². The number of aryl methyl sites for hydroxylation is 1. The second-order valence-corrected chi connectivity index (χ2v) is 7.08. The van der Waals surface area contributed by atoms with Gasteiger partial charge in [-0.15, -0.1) is 11.3 Å². The Balaban J connectivity index is 1.83.